The molecule has 0 unspecified atom stereocenters. The highest BCUT2D eigenvalue weighted by atomic mass is 35.5. The molecule has 2 aromatic carbocycles. The number of rotatable bonds is 2. The van der Waals surface area contributed by atoms with Crippen molar-refractivity contribution in [1.29, 1.82) is 0 Å². The van der Waals surface area contributed by atoms with E-state index in [9.17, 15) is 0 Å². The van der Waals surface area contributed by atoms with E-state index in [-0.39, 0.29) is 0 Å². The Morgan fingerprint density at radius 3 is 2.83 bits per heavy atom. The molecule has 4 rings (SSSR count). The van der Waals surface area contributed by atoms with Gasteiger partial charge in [-0.2, -0.15) is 4.57 Å². The quantitative estimate of drug-likeness (QED) is 0.591. The molecule has 0 radical (unpaired) electrons. The predicted molar refractivity (Wildman–Crippen MR) is 103 cm³/mol. The number of hydrogen-bond donors (Lipinski definition) is 0. The minimum atomic E-state index is 0.766. The van der Waals surface area contributed by atoms with Gasteiger partial charge in [-0.15, -0.1) is 0 Å². The molecule has 24 heavy (non-hydrogen) atoms. The molecule has 0 amide bonds. The lowest BCUT2D eigenvalue weighted by Crippen LogP contribution is -2.29. The van der Waals surface area contributed by atoms with Gasteiger partial charge < -0.3 is 9.64 Å². The number of fused-ring (bicyclic) bond motifs is 2. The highest BCUT2D eigenvalue weighted by molar-refractivity contribution is 8.03. The van der Waals surface area contributed by atoms with E-state index in [0.29, 0.717) is 0 Å². The maximum Gasteiger partial charge on any atom is 0.265 e. The summed E-state index contributed by atoms with van der Waals surface area (Å²) in [6.45, 7) is 0. The number of thioether (sulfide) groups is 1. The third-order valence-electron chi connectivity index (χ3n) is 4.15. The van der Waals surface area contributed by atoms with Gasteiger partial charge in [-0.3, -0.25) is 0 Å². The SMILES string of the molecule is COc1ccc2sc(/C=C3/Sc4ccc(Cl)cc4N3C)[n+](C)c2c1. The minimum Gasteiger partial charge on any atom is -0.497 e. The van der Waals surface area contributed by atoms with Crippen LogP contribution in [0.15, 0.2) is 46.3 Å². The molecule has 3 nitrogen and oxygen atoms in total. The first-order valence-corrected chi connectivity index (χ1v) is 9.47. The van der Waals surface area contributed by atoms with Gasteiger partial charge in [-0.05, 0) is 30.3 Å². The average Bonchev–Trinajstić information content (AvgIpc) is 3.06. The van der Waals surface area contributed by atoms with E-state index >= 15 is 0 Å². The lowest BCUT2D eigenvalue weighted by molar-refractivity contribution is -0.642. The maximum atomic E-state index is 6.13. The first-order valence-electron chi connectivity index (χ1n) is 7.46. The lowest BCUT2D eigenvalue weighted by Gasteiger charge is -2.12. The van der Waals surface area contributed by atoms with E-state index in [2.05, 4.69) is 47.8 Å². The summed E-state index contributed by atoms with van der Waals surface area (Å²) in [6.07, 6.45) is 2.23. The van der Waals surface area contributed by atoms with Crippen molar-refractivity contribution in [3.8, 4) is 5.75 Å². The first-order chi connectivity index (χ1) is 11.6. The van der Waals surface area contributed by atoms with Crippen LogP contribution in [0, 0.1) is 0 Å². The van der Waals surface area contributed by atoms with Crippen LogP contribution in [0.3, 0.4) is 0 Å². The molecule has 0 aliphatic carbocycles. The number of aromatic nitrogens is 1. The van der Waals surface area contributed by atoms with Crippen molar-refractivity contribution >= 4 is 56.7 Å². The van der Waals surface area contributed by atoms with Gasteiger partial charge in [0, 0.05) is 17.0 Å². The standard InChI is InChI=1S/C18H16ClN2OS2/c1-20-13-8-11(19)4-6-15(13)23-17(20)10-18-21(2)14-9-12(22-3)5-7-16(14)24-18/h4-10H,1-3H3/q+1. The van der Waals surface area contributed by atoms with Crippen LogP contribution in [0.4, 0.5) is 5.69 Å². The van der Waals surface area contributed by atoms with Crippen LogP contribution < -0.4 is 14.2 Å². The number of methoxy groups -OCH3 is 1. The molecular weight excluding hydrogens is 360 g/mol. The zero-order valence-corrected chi connectivity index (χ0v) is 15.9. The number of nitrogens with zero attached hydrogens (tertiary/aromatic N) is 2. The smallest absolute Gasteiger partial charge is 0.265 e. The zero-order valence-electron chi connectivity index (χ0n) is 13.5. The first kappa shape index (κ1) is 15.8. The van der Waals surface area contributed by atoms with E-state index in [1.54, 1.807) is 30.2 Å². The van der Waals surface area contributed by atoms with Crippen molar-refractivity contribution in [3.05, 3.63) is 51.5 Å². The molecule has 6 heteroatoms. The summed E-state index contributed by atoms with van der Waals surface area (Å²) >= 11 is 9.68. The van der Waals surface area contributed by atoms with Crippen LogP contribution in [-0.4, -0.2) is 14.2 Å². The fourth-order valence-electron chi connectivity index (χ4n) is 2.77. The van der Waals surface area contributed by atoms with Crippen molar-refractivity contribution in [2.45, 2.75) is 4.90 Å². The second-order valence-electron chi connectivity index (χ2n) is 5.59. The molecule has 0 saturated carbocycles. The minimum absolute atomic E-state index is 0.766. The molecule has 0 spiro atoms. The summed E-state index contributed by atoms with van der Waals surface area (Å²) < 4.78 is 8.80. The van der Waals surface area contributed by atoms with Crippen molar-refractivity contribution < 1.29 is 9.30 Å². The molecule has 0 bridgehead atoms. The van der Waals surface area contributed by atoms with Crippen molar-refractivity contribution in [2.75, 3.05) is 19.1 Å². The van der Waals surface area contributed by atoms with E-state index in [1.165, 1.54) is 25.1 Å². The summed E-state index contributed by atoms with van der Waals surface area (Å²) in [6, 6.07) is 12.2. The van der Waals surface area contributed by atoms with Gasteiger partial charge in [-0.1, -0.05) is 34.7 Å². The van der Waals surface area contributed by atoms with Crippen LogP contribution >= 0.6 is 34.7 Å². The fourth-order valence-corrected chi connectivity index (χ4v) is 5.15. The van der Waals surface area contributed by atoms with Crippen LogP contribution in [0.5, 0.6) is 5.75 Å². The van der Waals surface area contributed by atoms with Crippen LogP contribution in [0.25, 0.3) is 16.3 Å². The lowest BCUT2D eigenvalue weighted by atomic mass is 10.3. The summed E-state index contributed by atoms with van der Waals surface area (Å²) in [7, 11) is 5.87. The molecule has 1 aliphatic rings. The van der Waals surface area contributed by atoms with Crippen molar-refractivity contribution in [2.24, 2.45) is 7.05 Å². The molecule has 0 N–H and O–H groups in total. The maximum absolute atomic E-state index is 6.13. The highest BCUT2D eigenvalue weighted by Gasteiger charge is 2.25. The summed E-state index contributed by atoms with van der Waals surface area (Å²) in [4.78, 5) is 3.43. The zero-order chi connectivity index (χ0) is 16.8. The van der Waals surface area contributed by atoms with Gasteiger partial charge in [0.25, 0.3) is 5.01 Å². The number of hydrogen-bond acceptors (Lipinski definition) is 4. The molecule has 2 heterocycles. The number of ether oxygens (including phenoxy) is 1. The largest absolute Gasteiger partial charge is 0.497 e. The Kier molecular flexibility index (Phi) is 3.95. The number of aryl methyl sites for hydroxylation is 1. The number of benzene rings is 2. The number of anilines is 1. The molecule has 0 atom stereocenters. The van der Waals surface area contributed by atoms with Gasteiger partial charge in [0.1, 0.15) is 17.5 Å². The number of thiazole rings is 1. The van der Waals surface area contributed by atoms with Crippen LogP contribution in [0.1, 0.15) is 5.01 Å². The van der Waals surface area contributed by atoms with Gasteiger partial charge in [-0.25, -0.2) is 0 Å². The molecule has 0 fully saturated rings. The van der Waals surface area contributed by atoms with Crippen molar-refractivity contribution in [1.82, 2.24) is 0 Å². The Hall–Kier alpha value is -1.69. The van der Waals surface area contributed by atoms with Gasteiger partial charge >= 0.3 is 0 Å². The van der Waals surface area contributed by atoms with E-state index in [4.69, 9.17) is 16.3 Å². The Balaban J connectivity index is 1.77. The molecule has 122 valence electrons. The Morgan fingerprint density at radius 2 is 2.04 bits per heavy atom. The monoisotopic (exact) mass is 375 g/mol. The number of halogens is 1. The van der Waals surface area contributed by atoms with E-state index in [1.807, 2.05) is 18.2 Å². The Morgan fingerprint density at radius 1 is 1.21 bits per heavy atom. The average molecular weight is 376 g/mol. The Bertz CT molecular complexity index is 981. The molecular formula is C18H16ClN2OS2+. The summed E-state index contributed by atoms with van der Waals surface area (Å²) in [5, 5.41) is 3.16. The topological polar surface area (TPSA) is 16.4 Å². The molecule has 1 aromatic heterocycles. The van der Waals surface area contributed by atoms with Crippen LogP contribution in [-0.2, 0) is 7.05 Å². The summed E-state index contributed by atoms with van der Waals surface area (Å²) in [5.41, 5.74) is 2.33. The van der Waals surface area contributed by atoms with E-state index < -0.39 is 0 Å². The molecule has 0 saturated heterocycles. The summed E-state index contributed by atoms with van der Waals surface area (Å²) in [5.74, 6) is 0.879. The highest BCUT2D eigenvalue weighted by Crippen LogP contribution is 2.46. The van der Waals surface area contributed by atoms with Crippen molar-refractivity contribution in [3.63, 3.8) is 0 Å². The second kappa shape index (κ2) is 5.99. The molecule has 3 aromatic rings. The normalized spacial score (nSPS) is 15.3. The van der Waals surface area contributed by atoms with Gasteiger partial charge in [0.2, 0.25) is 5.52 Å². The second-order valence-corrected chi connectivity index (χ2v) is 8.15. The fraction of sp³-hybridized carbons (Fsp3) is 0.167. The van der Waals surface area contributed by atoms with Crippen LogP contribution in [0.2, 0.25) is 5.02 Å². The Labute approximate surface area is 154 Å². The van der Waals surface area contributed by atoms with Gasteiger partial charge in [0.15, 0.2) is 0 Å². The van der Waals surface area contributed by atoms with E-state index in [0.717, 1.165) is 16.5 Å². The third-order valence-corrected chi connectivity index (χ3v) is 6.71. The predicted octanol–water partition coefficient (Wildman–Crippen LogP) is 4.93. The molecule has 1 aliphatic heterocycles. The van der Waals surface area contributed by atoms with Gasteiger partial charge in [0.05, 0.1) is 30.0 Å². The third kappa shape index (κ3) is 2.57.